The van der Waals surface area contributed by atoms with Crippen LogP contribution in [0.5, 0.6) is 0 Å². The summed E-state index contributed by atoms with van der Waals surface area (Å²) in [5.74, 6) is 0.377. The molecule has 1 nitrogen and oxygen atoms in total. The summed E-state index contributed by atoms with van der Waals surface area (Å²) in [6.45, 7) is 5.56. The van der Waals surface area contributed by atoms with E-state index in [-0.39, 0.29) is 0 Å². The Hall–Kier alpha value is -0.162. The molecule has 0 unspecified atom stereocenters. The van der Waals surface area contributed by atoms with Gasteiger partial charge in [-0.25, -0.2) is 0 Å². The van der Waals surface area contributed by atoms with Gasteiger partial charge in [-0.2, -0.15) is 0 Å². The third-order valence-corrected chi connectivity index (χ3v) is 1.87. The van der Waals surface area contributed by atoms with Gasteiger partial charge >= 0.3 is 66.2 Å². The van der Waals surface area contributed by atoms with Crippen LogP contribution in [0, 0.1) is 0 Å². The van der Waals surface area contributed by atoms with E-state index in [0.29, 0.717) is 5.76 Å². The standard InChI is InChI=1S/C7H10O.W/c1-4-7(5-2)6(3)8;/h3-4,8H,1,5H2,2H3;. The molecule has 0 aromatic heterocycles. The maximum absolute atomic E-state index is 9.09. The van der Waals surface area contributed by atoms with Gasteiger partial charge in [0.1, 0.15) is 0 Å². The summed E-state index contributed by atoms with van der Waals surface area (Å²) in [6.07, 6.45) is 2.54. The molecule has 0 saturated carbocycles. The second-order valence-electron chi connectivity index (χ2n) is 1.59. The van der Waals surface area contributed by atoms with Crippen LogP contribution in [0.1, 0.15) is 13.3 Å². The molecule has 50 valence electrons. The summed E-state index contributed by atoms with van der Waals surface area (Å²) in [5, 5.41) is 9.09. The molecule has 0 aliphatic carbocycles. The van der Waals surface area contributed by atoms with Crippen molar-refractivity contribution in [2.24, 2.45) is 0 Å². The SMILES string of the molecule is C=CC(CC)=C(O)[CH]=[W]. The topological polar surface area (TPSA) is 20.2 Å². The molecule has 0 aromatic carbocycles. The fourth-order valence-electron chi connectivity index (χ4n) is 0.506. The van der Waals surface area contributed by atoms with Gasteiger partial charge in [0.05, 0.1) is 0 Å². The average molecular weight is 294 g/mol. The predicted molar refractivity (Wildman–Crippen MR) is 36.2 cm³/mol. The Bertz CT molecular complexity index is 147. The van der Waals surface area contributed by atoms with Crippen molar-refractivity contribution in [3.05, 3.63) is 24.0 Å². The Labute approximate surface area is 66.5 Å². The normalized spacial score (nSPS) is 12.1. The summed E-state index contributed by atoms with van der Waals surface area (Å²) in [6, 6.07) is 0. The molecule has 0 saturated heterocycles. The number of allylic oxidation sites excluding steroid dienone is 3. The fraction of sp³-hybridized carbons (Fsp3) is 0.286. The average Bonchev–Trinajstić information content (AvgIpc) is 1.90. The molecule has 0 fully saturated rings. The molecule has 2 heteroatoms. The van der Waals surface area contributed by atoms with Gasteiger partial charge in [0.25, 0.3) is 0 Å². The first-order valence-corrected chi connectivity index (χ1v) is 4.45. The van der Waals surface area contributed by atoms with Crippen LogP contribution in [-0.2, 0) is 19.4 Å². The first-order chi connectivity index (χ1) is 4.26. The van der Waals surface area contributed by atoms with Crippen LogP contribution >= 0.6 is 0 Å². The van der Waals surface area contributed by atoms with Gasteiger partial charge in [-0.1, -0.05) is 0 Å². The quantitative estimate of drug-likeness (QED) is 0.621. The Morgan fingerprint density at radius 1 is 1.78 bits per heavy atom. The minimum atomic E-state index is 0.377. The van der Waals surface area contributed by atoms with E-state index in [1.54, 1.807) is 10.5 Å². The summed E-state index contributed by atoms with van der Waals surface area (Å²) >= 11 is 1.26. The van der Waals surface area contributed by atoms with E-state index in [2.05, 4.69) is 6.58 Å². The molecule has 0 bridgehead atoms. The van der Waals surface area contributed by atoms with Crippen molar-refractivity contribution in [3.63, 3.8) is 0 Å². The van der Waals surface area contributed by atoms with Crippen LogP contribution in [-0.4, -0.2) is 9.51 Å². The van der Waals surface area contributed by atoms with Crippen molar-refractivity contribution >= 4 is 4.40 Å². The van der Waals surface area contributed by atoms with Crippen LogP contribution in [0.2, 0.25) is 0 Å². The Morgan fingerprint density at radius 2 is 2.33 bits per heavy atom. The van der Waals surface area contributed by atoms with Crippen LogP contribution in [0.25, 0.3) is 0 Å². The second kappa shape index (κ2) is 4.69. The fourth-order valence-corrected chi connectivity index (χ4v) is 1.05. The molecule has 0 heterocycles. The van der Waals surface area contributed by atoms with E-state index < -0.39 is 0 Å². The van der Waals surface area contributed by atoms with Crippen molar-refractivity contribution in [1.29, 1.82) is 0 Å². The number of hydrogen-bond acceptors (Lipinski definition) is 1. The number of aliphatic hydroxyl groups excluding tert-OH is 1. The van der Waals surface area contributed by atoms with E-state index in [0.717, 1.165) is 12.0 Å². The number of hydrogen-bond donors (Lipinski definition) is 1. The molecule has 0 spiro atoms. The Balaban J connectivity index is 4.36. The van der Waals surface area contributed by atoms with Gasteiger partial charge in [-0.15, -0.1) is 0 Å². The summed E-state index contributed by atoms with van der Waals surface area (Å²) in [4.78, 5) is 0. The molecule has 0 rings (SSSR count). The van der Waals surface area contributed by atoms with Gasteiger partial charge in [0.2, 0.25) is 0 Å². The van der Waals surface area contributed by atoms with E-state index >= 15 is 0 Å². The van der Waals surface area contributed by atoms with Crippen molar-refractivity contribution in [1.82, 2.24) is 0 Å². The number of aliphatic hydroxyl groups is 1. The molecule has 0 radical (unpaired) electrons. The summed E-state index contributed by atoms with van der Waals surface area (Å²) in [5.41, 5.74) is 0.921. The van der Waals surface area contributed by atoms with Crippen LogP contribution in [0.4, 0.5) is 0 Å². The molecule has 1 N–H and O–H groups in total. The Morgan fingerprint density at radius 3 is 2.44 bits per heavy atom. The third kappa shape index (κ3) is 2.76. The van der Waals surface area contributed by atoms with Crippen molar-refractivity contribution in [2.75, 3.05) is 0 Å². The summed E-state index contributed by atoms with van der Waals surface area (Å²) in [7, 11) is 0. The van der Waals surface area contributed by atoms with E-state index in [1.807, 2.05) is 6.92 Å². The van der Waals surface area contributed by atoms with E-state index in [4.69, 9.17) is 5.11 Å². The van der Waals surface area contributed by atoms with E-state index in [1.165, 1.54) is 19.4 Å². The molecular weight excluding hydrogens is 284 g/mol. The second-order valence-corrected chi connectivity index (χ2v) is 2.43. The van der Waals surface area contributed by atoms with Crippen molar-refractivity contribution in [3.8, 4) is 0 Å². The van der Waals surface area contributed by atoms with Crippen molar-refractivity contribution < 1.29 is 24.5 Å². The Kier molecular flexibility index (Phi) is 4.61. The van der Waals surface area contributed by atoms with Crippen LogP contribution < -0.4 is 0 Å². The monoisotopic (exact) mass is 294 g/mol. The molecule has 0 aromatic rings. The zero-order valence-electron chi connectivity index (χ0n) is 5.42. The molecule has 0 amide bonds. The van der Waals surface area contributed by atoms with Crippen molar-refractivity contribution in [2.45, 2.75) is 13.3 Å². The van der Waals surface area contributed by atoms with Crippen LogP contribution in [0.3, 0.4) is 0 Å². The zero-order chi connectivity index (χ0) is 7.28. The number of rotatable bonds is 3. The molecule has 9 heavy (non-hydrogen) atoms. The summed E-state index contributed by atoms with van der Waals surface area (Å²) < 4.78 is 1.75. The zero-order valence-corrected chi connectivity index (χ0v) is 8.36. The maximum atomic E-state index is 9.09. The van der Waals surface area contributed by atoms with Gasteiger partial charge in [-0.05, 0) is 0 Å². The predicted octanol–water partition coefficient (Wildman–Crippen LogP) is 1.74. The van der Waals surface area contributed by atoms with Gasteiger partial charge in [-0.3, -0.25) is 0 Å². The third-order valence-electron chi connectivity index (χ3n) is 1.07. The van der Waals surface area contributed by atoms with Gasteiger partial charge < -0.3 is 0 Å². The molecular formula is C7H10OW. The first kappa shape index (κ1) is 8.84. The van der Waals surface area contributed by atoms with Gasteiger partial charge in [0.15, 0.2) is 0 Å². The molecule has 0 aliphatic rings. The molecule has 0 atom stereocenters. The van der Waals surface area contributed by atoms with Gasteiger partial charge in [0, 0.05) is 0 Å². The minimum absolute atomic E-state index is 0.377. The van der Waals surface area contributed by atoms with Crippen LogP contribution in [0.15, 0.2) is 24.0 Å². The molecule has 0 aliphatic heterocycles. The first-order valence-electron chi connectivity index (χ1n) is 2.76. The van der Waals surface area contributed by atoms with E-state index in [9.17, 15) is 0 Å².